The Kier molecular flexibility index (Phi) is 4.99. The van der Waals surface area contributed by atoms with Crippen molar-refractivity contribution in [2.24, 2.45) is 0 Å². The van der Waals surface area contributed by atoms with E-state index in [1.54, 1.807) is 0 Å². The largest absolute Gasteiger partial charge is 0.416 e. The van der Waals surface area contributed by atoms with Crippen LogP contribution in [0.2, 0.25) is 5.02 Å². The maximum absolute atomic E-state index is 12.9. The fourth-order valence-corrected chi connectivity index (χ4v) is 3.29. The average Bonchev–Trinajstić information content (AvgIpc) is 2.54. The molecule has 8 heteroatoms. The first-order valence-electron chi connectivity index (χ1n) is 8.34. The number of anilines is 3. The summed E-state index contributed by atoms with van der Waals surface area (Å²) in [6.45, 7) is 4.58. The molecule has 1 aliphatic heterocycles. The van der Waals surface area contributed by atoms with E-state index in [-0.39, 0.29) is 22.8 Å². The van der Waals surface area contributed by atoms with E-state index in [1.165, 1.54) is 0 Å². The predicted octanol–water partition coefficient (Wildman–Crippen LogP) is 5.01. The number of amides is 1. The molecule has 3 rings (SSSR count). The number of para-hydroxylation sites is 2. The van der Waals surface area contributed by atoms with Gasteiger partial charge in [0.1, 0.15) is 0 Å². The minimum Gasteiger partial charge on any atom is -0.377 e. The van der Waals surface area contributed by atoms with Gasteiger partial charge in [-0.3, -0.25) is 4.79 Å². The third-order valence-electron chi connectivity index (χ3n) is 4.21. The first-order chi connectivity index (χ1) is 12.5. The molecule has 144 valence electrons. The summed E-state index contributed by atoms with van der Waals surface area (Å²) in [5, 5.41) is 5.95. The third-order valence-corrected chi connectivity index (χ3v) is 4.54. The normalized spacial score (nSPS) is 15.7. The lowest BCUT2D eigenvalue weighted by molar-refractivity contribution is -0.137. The van der Waals surface area contributed by atoms with Gasteiger partial charge in [0.2, 0.25) is 5.91 Å². The van der Waals surface area contributed by atoms with Gasteiger partial charge < -0.3 is 15.5 Å². The molecule has 0 fully saturated rings. The standard InChI is InChI=1S/C19H19ClF3N3O/c1-18(2)11-26(16-6-4-3-5-14(16)25-18)10-17(27)24-15-9-12(19(21,22)23)7-8-13(15)20/h3-9,25H,10-11H2,1-2H3,(H,24,27). The lowest BCUT2D eigenvalue weighted by Gasteiger charge is -2.41. The Balaban J connectivity index is 1.79. The SMILES string of the molecule is CC1(C)CN(CC(=O)Nc2cc(C(F)(F)F)ccc2Cl)c2ccccc2N1. The van der Waals surface area contributed by atoms with Crippen LogP contribution in [0.5, 0.6) is 0 Å². The fourth-order valence-electron chi connectivity index (χ4n) is 3.12. The van der Waals surface area contributed by atoms with Gasteiger partial charge in [-0.15, -0.1) is 0 Å². The Hall–Kier alpha value is -2.41. The number of benzene rings is 2. The van der Waals surface area contributed by atoms with Gasteiger partial charge in [0.15, 0.2) is 0 Å². The number of alkyl halides is 3. The summed E-state index contributed by atoms with van der Waals surface area (Å²) >= 11 is 5.95. The summed E-state index contributed by atoms with van der Waals surface area (Å²) in [5.41, 5.74) is 0.582. The van der Waals surface area contributed by atoms with Gasteiger partial charge in [-0.25, -0.2) is 0 Å². The number of rotatable bonds is 3. The average molecular weight is 398 g/mol. The lowest BCUT2D eigenvalue weighted by atomic mass is 9.99. The lowest BCUT2D eigenvalue weighted by Crippen LogP contribution is -2.50. The number of hydrogen-bond donors (Lipinski definition) is 2. The highest BCUT2D eigenvalue weighted by Gasteiger charge is 2.32. The van der Waals surface area contributed by atoms with Crippen LogP contribution in [-0.4, -0.2) is 24.5 Å². The molecule has 27 heavy (non-hydrogen) atoms. The minimum atomic E-state index is -4.51. The molecule has 4 nitrogen and oxygen atoms in total. The highest BCUT2D eigenvalue weighted by molar-refractivity contribution is 6.33. The molecule has 0 saturated carbocycles. The number of nitrogens with zero attached hydrogens (tertiary/aromatic N) is 1. The van der Waals surface area contributed by atoms with Gasteiger partial charge >= 0.3 is 6.18 Å². The Labute approximate surface area is 160 Å². The molecule has 2 N–H and O–H groups in total. The first-order valence-corrected chi connectivity index (χ1v) is 8.72. The number of fused-ring (bicyclic) bond motifs is 1. The maximum atomic E-state index is 12.9. The zero-order valence-electron chi connectivity index (χ0n) is 14.8. The van der Waals surface area contributed by atoms with Crippen LogP contribution in [0.25, 0.3) is 0 Å². The molecule has 1 aliphatic rings. The van der Waals surface area contributed by atoms with E-state index in [1.807, 2.05) is 43.0 Å². The second-order valence-corrected chi connectivity index (χ2v) is 7.53. The number of carbonyl (C=O) groups is 1. The van der Waals surface area contributed by atoms with Crippen molar-refractivity contribution in [3.8, 4) is 0 Å². The zero-order valence-corrected chi connectivity index (χ0v) is 15.6. The van der Waals surface area contributed by atoms with Crippen LogP contribution in [0.1, 0.15) is 19.4 Å². The number of hydrogen-bond acceptors (Lipinski definition) is 3. The molecular formula is C19H19ClF3N3O. The molecule has 1 heterocycles. The summed E-state index contributed by atoms with van der Waals surface area (Å²) in [5.74, 6) is -0.441. The third kappa shape index (κ3) is 4.47. The van der Waals surface area contributed by atoms with Gasteiger partial charge in [0.05, 0.1) is 34.2 Å². The first kappa shape index (κ1) is 19.4. The molecule has 0 aromatic heterocycles. The van der Waals surface area contributed by atoms with E-state index in [0.717, 1.165) is 29.6 Å². The van der Waals surface area contributed by atoms with Crippen molar-refractivity contribution in [1.82, 2.24) is 0 Å². The van der Waals surface area contributed by atoms with Crippen LogP contribution < -0.4 is 15.5 Å². The van der Waals surface area contributed by atoms with Crippen LogP contribution in [0.3, 0.4) is 0 Å². The van der Waals surface area contributed by atoms with Gasteiger partial charge in [-0.2, -0.15) is 13.2 Å². The Morgan fingerprint density at radius 1 is 1.26 bits per heavy atom. The van der Waals surface area contributed by atoms with E-state index in [9.17, 15) is 18.0 Å². The zero-order chi connectivity index (χ0) is 19.8. The second kappa shape index (κ2) is 6.96. The van der Waals surface area contributed by atoms with Crippen LogP contribution in [-0.2, 0) is 11.0 Å². The summed E-state index contributed by atoms with van der Waals surface area (Å²) < 4.78 is 38.7. The molecule has 0 unspecified atom stereocenters. The van der Waals surface area contributed by atoms with Crippen molar-refractivity contribution in [3.05, 3.63) is 53.1 Å². The van der Waals surface area contributed by atoms with Crippen LogP contribution in [0, 0.1) is 0 Å². The predicted molar refractivity (Wildman–Crippen MR) is 101 cm³/mol. The maximum Gasteiger partial charge on any atom is 0.416 e. The van der Waals surface area contributed by atoms with Crippen molar-refractivity contribution < 1.29 is 18.0 Å². The van der Waals surface area contributed by atoms with Gasteiger partial charge in [0.25, 0.3) is 0 Å². The monoisotopic (exact) mass is 397 g/mol. The molecule has 0 spiro atoms. The molecule has 2 aromatic rings. The Morgan fingerprint density at radius 3 is 2.67 bits per heavy atom. The van der Waals surface area contributed by atoms with Crippen LogP contribution in [0.15, 0.2) is 42.5 Å². The molecule has 0 aliphatic carbocycles. The molecule has 1 amide bonds. The summed E-state index contributed by atoms with van der Waals surface area (Å²) in [7, 11) is 0. The topological polar surface area (TPSA) is 44.4 Å². The van der Waals surface area contributed by atoms with E-state index in [0.29, 0.717) is 6.54 Å². The fraction of sp³-hybridized carbons (Fsp3) is 0.316. The van der Waals surface area contributed by atoms with E-state index < -0.39 is 17.6 Å². The van der Waals surface area contributed by atoms with E-state index in [2.05, 4.69) is 10.6 Å². The quantitative estimate of drug-likeness (QED) is 0.765. The molecule has 0 saturated heterocycles. The molecule has 0 bridgehead atoms. The minimum absolute atomic E-state index is 0.00526. The van der Waals surface area contributed by atoms with Crippen LogP contribution in [0.4, 0.5) is 30.2 Å². The number of nitrogens with one attached hydrogen (secondary N) is 2. The summed E-state index contributed by atoms with van der Waals surface area (Å²) in [6, 6.07) is 10.4. The van der Waals surface area contributed by atoms with Crippen molar-refractivity contribution in [2.75, 3.05) is 28.6 Å². The molecule has 0 atom stereocenters. The number of halogens is 4. The van der Waals surface area contributed by atoms with Crippen molar-refractivity contribution in [1.29, 1.82) is 0 Å². The van der Waals surface area contributed by atoms with E-state index in [4.69, 9.17) is 11.6 Å². The highest BCUT2D eigenvalue weighted by Crippen LogP contribution is 2.35. The van der Waals surface area contributed by atoms with E-state index >= 15 is 0 Å². The molecule has 2 aromatic carbocycles. The highest BCUT2D eigenvalue weighted by atomic mass is 35.5. The van der Waals surface area contributed by atoms with Crippen LogP contribution >= 0.6 is 11.6 Å². The van der Waals surface area contributed by atoms with Crippen molar-refractivity contribution in [3.63, 3.8) is 0 Å². The van der Waals surface area contributed by atoms with Crippen molar-refractivity contribution >= 4 is 34.6 Å². The summed E-state index contributed by atoms with van der Waals surface area (Å²) in [6.07, 6.45) is -4.51. The molecular weight excluding hydrogens is 379 g/mol. The number of carbonyl (C=O) groups excluding carboxylic acids is 1. The Morgan fingerprint density at radius 2 is 1.96 bits per heavy atom. The van der Waals surface area contributed by atoms with Gasteiger partial charge in [-0.05, 0) is 44.2 Å². The second-order valence-electron chi connectivity index (χ2n) is 7.12. The van der Waals surface area contributed by atoms with Gasteiger partial charge in [0, 0.05) is 12.1 Å². The van der Waals surface area contributed by atoms with Crippen molar-refractivity contribution in [2.45, 2.75) is 25.6 Å². The van der Waals surface area contributed by atoms with Gasteiger partial charge in [-0.1, -0.05) is 23.7 Å². The summed E-state index contributed by atoms with van der Waals surface area (Å²) in [4.78, 5) is 14.4. The smallest absolute Gasteiger partial charge is 0.377 e. The molecule has 0 radical (unpaired) electrons. The Bertz CT molecular complexity index is 868.